The van der Waals surface area contributed by atoms with Crippen LogP contribution in [0.25, 0.3) is 11.2 Å². The molecule has 1 aromatic carbocycles. The molecule has 8 heteroatoms. The zero-order valence-electron chi connectivity index (χ0n) is 14.7. The van der Waals surface area contributed by atoms with Crippen molar-refractivity contribution >= 4 is 34.4 Å². The Kier molecular flexibility index (Phi) is 4.83. The molecule has 26 heavy (non-hydrogen) atoms. The van der Waals surface area contributed by atoms with Crippen molar-refractivity contribution in [3.63, 3.8) is 0 Å². The number of aryl methyl sites for hydroxylation is 1. The Hall–Kier alpha value is -3.42. The molecule has 0 bridgehead atoms. The quantitative estimate of drug-likeness (QED) is 0.735. The van der Waals surface area contributed by atoms with Crippen molar-refractivity contribution in [3.05, 3.63) is 42.4 Å². The van der Waals surface area contributed by atoms with Gasteiger partial charge >= 0.3 is 0 Å². The second-order valence-electron chi connectivity index (χ2n) is 5.69. The molecule has 3 rings (SSSR count). The summed E-state index contributed by atoms with van der Waals surface area (Å²) in [6, 6.07) is 6.71. The van der Waals surface area contributed by atoms with E-state index in [2.05, 4.69) is 20.6 Å². The van der Waals surface area contributed by atoms with Gasteiger partial charge in [-0.15, -0.1) is 0 Å². The number of carbonyl (C=O) groups excluding carboxylic acids is 2. The number of aromatic nitrogens is 3. The minimum absolute atomic E-state index is 0.142. The highest BCUT2D eigenvalue weighted by Crippen LogP contribution is 2.28. The van der Waals surface area contributed by atoms with E-state index >= 15 is 0 Å². The Balaban J connectivity index is 1.83. The van der Waals surface area contributed by atoms with Crippen LogP contribution >= 0.6 is 0 Å². The zero-order chi connectivity index (χ0) is 18.7. The average Bonchev–Trinajstić information content (AvgIpc) is 3.02. The van der Waals surface area contributed by atoms with E-state index in [1.807, 2.05) is 7.05 Å². The first kappa shape index (κ1) is 17.4. The molecule has 0 saturated carbocycles. The second kappa shape index (κ2) is 7.22. The lowest BCUT2D eigenvalue weighted by Gasteiger charge is -2.12. The molecular formula is C18H19N5O3. The highest BCUT2D eigenvalue weighted by atomic mass is 16.5. The van der Waals surface area contributed by atoms with Crippen molar-refractivity contribution in [2.45, 2.75) is 13.3 Å². The first-order valence-corrected chi connectivity index (χ1v) is 8.08. The van der Waals surface area contributed by atoms with E-state index in [9.17, 15) is 9.59 Å². The number of nitrogens with zero attached hydrogens (tertiary/aromatic N) is 3. The summed E-state index contributed by atoms with van der Waals surface area (Å²) in [5.74, 6) is 0.0564. The van der Waals surface area contributed by atoms with Gasteiger partial charge in [0.25, 0.3) is 5.91 Å². The van der Waals surface area contributed by atoms with E-state index in [-0.39, 0.29) is 11.8 Å². The van der Waals surface area contributed by atoms with Gasteiger partial charge in [0.05, 0.1) is 24.7 Å². The number of ether oxygens (including phenoxy) is 1. The number of anilines is 2. The summed E-state index contributed by atoms with van der Waals surface area (Å²) in [6.45, 7) is 1.76. The second-order valence-corrected chi connectivity index (χ2v) is 5.69. The van der Waals surface area contributed by atoms with E-state index in [0.29, 0.717) is 40.3 Å². The number of methoxy groups -OCH3 is 1. The molecule has 0 spiro atoms. The van der Waals surface area contributed by atoms with Gasteiger partial charge in [0.15, 0.2) is 5.65 Å². The van der Waals surface area contributed by atoms with Crippen LogP contribution in [0.3, 0.4) is 0 Å². The predicted octanol–water partition coefficient (Wildman–Crippen LogP) is 2.58. The molecule has 0 saturated heterocycles. The number of benzene rings is 1. The third-order valence-electron chi connectivity index (χ3n) is 3.87. The molecule has 0 fully saturated rings. The molecule has 0 radical (unpaired) electrons. The van der Waals surface area contributed by atoms with Crippen molar-refractivity contribution in [1.82, 2.24) is 14.5 Å². The van der Waals surface area contributed by atoms with Gasteiger partial charge in [-0.1, -0.05) is 6.92 Å². The number of rotatable bonds is 5. The van der Waals surface area contributed by atoms with E-state index in [4.69, 9.17) is 4.74 Å². The topological polar surface area (TPSA) is 98.1 Å². The lowest BCUT2D eigenvalue weighted by atomic mass is 10.2. The van der Waals surface area contributed by atoms with Crippen LogP contribution in [0, 0.1) is 0 Å². The SMILES string of the molecule is CCC(=O)Nc1cc(NC(=O)c2cnc3c(c2)ncn3C)ccc1OC. The minimum Gasteiger partial charge on any atom is -0.495 e. The lowest BCUT2D eigenvalue weighted by Crippen LogP contribution is -2.14. The summed E-state index contributed by atoms with van der Waals surface area (Å²) >= 11 is 0. The normalized spacial score (nSPS) is 10.6. The number of carbonyl (C=O) groups is 2. The molecule has 3 aromatic rings. The van der Waals surface area contributed by atoms with Gasteiger partial charge < -0.3 is 19.9 Å². The summed E-state index contributed by atoms with van der Waals surface area (Å²) in [4.78, 5) is 32.6. The Morgan fingerprint density at radius 1 is 1.19 bits per heavy atom. The van der Waals surface area contributed by atoms with Gasteiger partial charge in [0.2, 0.25) is 5.91 Å². The predicted molar refractivity (Wildman–Crippen MR) is 98.4 cm³/mol. The van der Waals surface area contributed by atoms with Gasteiger partial charge in [-0.25, -0.2) is 9.97 Å². The molecule has 134 valence electrons. The molecule has 2 aromatic heterocycles. The van der Waals surface area contributed by atoms with Crippen molar-refractivity contribution < 1.29 is 14.3 Å². The molecule has 8 nitrogen and oxygen atoms in total. The molecule has 2 N–H and O–H groups in total. The third-order valence-corrected chi connectivity index (χ3v) is 3.87. The first-order valence-electron chi connectivity index (χ1n) is 8.08. The van der Waals surface area contributed by atoms with Crippen molar-refractivity contribution in [1.29, 1.82) is 0 Å². The monoisotopic (exact) mass is 353 g/mol. The number of fused-ring (bicyclic) bond motifs is 1. The van der Waals surface area contributed by atoms with Crippen molar-refractivity contribution in [2.75, 3.05) is 17.7 Å². The standard InChI is InChI=1S/C18H19N5O3/c1-4-16(24)22-13-8-12(5-6-15(13)26-3)21-18(25)11-7-14-17(19-9-11)23(2)10-20-14/h5-10H,4H2,1-3H3,(H,21,25)(H,22,24). The summed E-state index contributed by atoms with van der Waals surface area (Å²) in [7, 11) is 3.36. The van der Waals surface area contributed by atoms with Crippen molar-refractivity contribution in [2.24, 2.45) is 7.05 Å². The van der Waals surface area contributed by atoms with Gasteiger partial charge in [-0.05, 0) is 24.3 Å². The van der Waals surface area contributed by atoms with Crippen LogP contribution in [-0.4, -0.2) is 33.5 Å². The smallest absolute Gasteiger partial charge is 0.257 e. The fourth-order valence-corrected chi connectivity index (χ4v) is 2.47. The summed E-state index contributed by atoms with van der Waals surface area (Å²) in [5, 5.41) is 5.54. The van der Waals surface area contributed by atoms with E-state index in [1.54, 1.807) is 42.1 Å². The zero-order valence-corrected chi connectivity index (χ0v) is 14.7. The first-order chi connectivity index (χ1) is 12.5. The van der Waals surface area contributed by atoms with Crippen LogP contribution in [0.1, 0.15) is 23.7 Å². The van der Waals surface area contributed by atoms with Crippen LogP contribution in [0.4, 0.5) is 11.4 Å². The highest BCUT2D eigenvalue weighted by molar-refractivity contribution is 6.06. The van der Waals surface area contributed by atoms with Crippen LogP contribution in [0.2, 0.25) is 0 Å². The van der Waals surface area contributed by atoms with Crippen LogP contribution in [-0.2, 0) is 11.8 Å². The fourth-order valence-electron chi connectivity index (χ4n) is 2.47. The van der Waals surface area contributed by atoms with E-state index in [1.165, 1.54) is 13.3 Å². The van der Waals surface area contributed by atoms with Crippen LogP contribution in [0.5, 0.6) is 5.75 Å². The van der Waals surface area contributed by atoms with Crippen LogP contribution < -0.4 is 15.4 Å². The number of pyridine rings is 1. The molecular weight excluding hydrogens is 334 g/mol. The maximum Gasteiger partial charge on any atom is 0.257 e. The lowest BCUT2D eigenvalue weighted by molar-refractivity contribution is -0.115. The molecule has 0 aliphatic carbocycles. The average molecular weight is 353 g/mol. The van der Waals surface area contributed by atoms with E-state index in [0.717, 1.165) is 0 Å². The van der Waals surface area contributed by atoms with Crippen LogP contribution in [0.15, 0.2) is 36.8 Å². The van der Waals surface area contributed by atoms with Gasteiger partial charge in [0, 0.05) is 25.4 Å². The fraction of sp³-hybridized carbons (Fsp3) is 0.222. The number of nitrogens with one attached hydrogen (secondary N) is 2. The number of imidazole rings is 1. The summed E-state index contributed by atoms with van der Waals surface area (Å²) in [6.07, 6.45) is 3.49. The van der Waals surface area contributed by atoms with Gasteiger partial charge in [-0.2, -0.15) is 0 Å². The molecule has 0 aliphatic heterocycles. The Morgan fingerprint density at radius 2 is 2.00 bits per heavy atom. The third kappa shape index (κ3) is 3.49. The maximum absolute atomic E-state index is 12.5. The Labute approximate surface area is 150 Å². The maximum atomic E-state index is 12.5. The molecule has 0 unspecified atom stereocenters. The number of amides is 2. The largest absolute Gasteiger partial charge is 0.495 e. The molecule has 0 aliphatic rings. The number of hydrogen-bond acceptors (Lipinski definition) is 5. The Bertz CT molecular complexity index is 980. The minimum atomic E-state index is -0.317. The highest BCUT2D eigenvalue weighted by Gasteiger charge is 2.12. The van der Waals surface area contributed by atoms with Gasteiger partial charge in [-0.3, -0.25) is 9.59 Å². The summed E-state index contributed by atoms with van der Waals surface area (Å²) < 4.78 is 7.02. The molecule has 2 amide bonds. The van der Waals surface area contributed by atoms with Crippen molar-refractivity contribution in [3.8, 4) is 5.75 Å². The molecule has 2 heterocycles. The molecule has 0 atom stereocenters. The Morgan fingerprint density at radius 3 is 2.73 bits per heavy atom. The van der Waals surface area contributed by atoms with E-state index < -0.39 is 0 Å². The number of hydrogen-bond donors (Lipinski definition) is 2. The summed E-state index contributed by atoms with van der Waals surface area (Å²) in [5.41, 5.74) is 2.77. The van der Waals surface area contributed by atoms with Gasteiger partial charge in [0.1, 0.15) is 11.3 Å².